The van der Waals surface area contributed by atoms with Crippen LogP contribution in [0.3, 0.4) is 0 Å². The average molecular weight is 652 g/mol. The van der Waals surface area contributed by atoms with E-state index in [1.165, 1.54) is 26.0 Å². The van der Waals surface area contributed by atoms with E-state index in [0.717, 1.165) is 29.0 Å². The van der Waals surface area contributed by atoms with E-state index in [4.69, 9.17) is 43.1 Å². The summed E-state index contributed by atoms with van der Waals surface area (Å²) in [5.41, 5.74) is 6.87. The van der Waals surface area contributed by atoms with Crippen LogP contribution in [-0.4, -0.2) is 45.3 Å². The molecule has 7 nitrogen and oxygen atoms in total. The second kappa shape index (κ2) is 16.3. The van der Waals surface area contributed by atoms with Crippen molar-refractivity contribution in [1.29, 1.82) is 0 Å². The van der Waals surface area contributed by atoms with Crippen molar-refractivity contribution in [1.82, 2.24) is 0 Å². The van der Waals surface area contributed by atoms with Gasteiger partial charge >= 0.3 is 35.5 Å². The summed E-state index contributed by atoms with van der Waals surface area (Å²) in [6.07, 6.45) is 2.97. The van der Waals surface area contributed by atoms with Crippen LogP contribution >= 0.6 is 55.1 Å². The van der Waals surface area contributed by atoms with Crippen molar-refractivity contribution in [3.8, 4) is 11.5 Å². The number of anilines is 1. The molecule has 2 N–H and O–H groups in total. The average Bonchev–Trinajstić information content (AvgIpc) is 3.37. The van der Waals surface area contributed by atoms with Crippen molar-refractivity contribution < 1.29 is 59.5 Å². The number of methoxy groups -OCH3 is 1. The molecule has 0 radical (unpaired) electrons. The van der Waals surface area contributed by atoms with Crippen LogP contribution in [0.25, 0.3) is 0 Å². The fourth-order valence-corrected chi connectivity index (χ4v) is 3.64. The number of halogens is 4. The largest absolute Gasteiger partial charge is 1.00 e. The van der Waals surface area contributed by atoms with Gasteiger partial charge in [0.25, 0.3) is 0 Å². The predicted molar refractivity (Wildman–Crippen MR) is 136 cm³/mol. The Morgan fingerprint density at radius 3 is 2.32 bits per heavy atom. The van der Waals surface area contributed by atoms with Crippen LogP contribution in [-0.2, 0) is 25.5 Å². The van der Waals surface area contributed by atoms with Crippen LogP contribution in [0.2, 0.25) is 10.0 Å². The van der Waals surface area contributed by atoms with Gasteiger partial charge in [-0.05, 0) is 69.0 Å². The molecule has 0 aromatic heterocycles. The maximum atomic E-state index is 11.0. The SMILES string of the molecule is C1CCOC1.COC(=O)COc1cc(Br)c(Cl)cc1N.O=C1COc2cc(Br)c(Cl)cc2C1.[H-].[Na+]. The molecule has 2 aliphatic rings. The molecule has 0 spiro atoms. The first kappa shape index (κ1) is 31.5. The maximum absolute atomic E-state index is 11.0. The first-order valence-electron chi connectivity index (χ1n) is 9.85. The van der Waals surface area contributed by atoms with Gasteiger partial charge in [-0.3, -0.25) is 4.79 Å². The fraction of sp³-hybridized carbons (Fsp3) is 0.364. The molecule has 2 aliphatic heterocycles. The van der Waals surface area contributed by atoms with E-state index in [1.807, 2.05) is 0 Å². The van der Waals surface area contributed by atoms with E-state index in [2.05, 4.69) is 36.6 Å². The minimum Gasteiger partial charge on any atom is -1.00 e. The van der Waals surface area contributed by atoms with Crippen molar-refractivity contribution in [2.75, 3.05) is 39.3 Å². The second-order valence-electron chi connectivity index (χ2n) is 6.87. The molecule has 1 fully saturated rings. The number of esters is 1. The van der Waals surface area contributed by atoms with Crippen LogP contribution in [0, 0.1) is 0 Å². The van der Waals surface area contributed by atoms with Gasteiger partial charge in [0, 0.05) is 34.1 Å². The van der Waals surface area contributed by atoms with Gasteiger partial charge in [-0.1, -0.05) is 23.2 Å². The number of benzene rings is 2. The topological polar surface area (TPSA) is 97.1 Å². The van der Waals surface area contributed by atoms with Crippen molar-refractivity contribution in [3.63, 3.8) is 0 Å². The standard InChI is InChI=1S/C9H9BrClNO3.C9H6BrClO2.C4H8O.Na.H/c1-14-9(13)4-15-8-2-5(10)6(11)3-7(8)12;10-7-3-9-5(2-8(7)11)1-6(12)4-13-9;1-2-4-5-3-1;;/h2-3H,4,12H2,1H3;2-3H,1,4H2;1-4H2;;/q;;;+1;-1. The number of Topliss-reactive ketones (excluding diaryl/α,β-unsaturated/α-hetero) is 1. The zero-order valence-electron chi connectivity index (χ0n) is 19.8. The van der Waals surface area contributed by atoms with Gasteiger partial charge < -0.3 is 26.1 Å². The third-order valence-corrected chi connectivity index (χ3v) is 6.73. The van der Waals surface area contributed by atoms with Crippen LogP contribution in [0.15, 0.2) is 33.2 Å². The van der Waals surface area contributed by atoms with E-state index < -0.39 is 5.97 Å². The van der Waals surface area contributed by atoms with Gasteiger partial charge in [-0.15, -0.1) is 0 Å². The molecule has 2 heterocycles. The zero-order valence-corrected chi connectivity index (χ0v) is 25.5. The monoisotopic (exact) mass is 649 g/mol. The Hall–Kier alpha value is -0.520. The molecule has 2 aromatic carbocycles. The van der Waals surface area contributed by atoms with E-state index in [-0.39, 0.29) is 50.0 Å². The minimum absolute atomic E-state index is 0. The van der Waals surface area contributed by atoms with Gasteiger partial charge in [0.05, 0.1) is 22.8 Å². The summed E-state index contributed by atoms with van der Waals surface area (Å²) in [6, 6.07) is 6.70. The number of ether oxygens (including phenoxy) is 4. The van der Waals surface area contributed by atoms with Gasteiger partial charge in [-0.2, -0.15) is 0 Å². The summed E-state index contributed by atoms with van der Waals surface area (Å²) in [6.45, 7) is 1.98. The number of nitrogens with two attached hydrogens (primary N) is 1. The fourth-order valence-electron chi connectivity index (χ4n) is 2.64. The summed E-state index contributed by atoms with van der Waals surface area (Å²) in [4.78, 5) is 21.9. The van der Waals surface area contributed by atoms with Gasteiger partial charge in [0.1, 0.15) is 18.1 Å². The maximum Gasteiger partial charge on any atom is 1.00 e. The number of fused-ring (bicyclic) bond motifs is 1. The summed E-state index contributed by atoms with van der Waals surface area (Å²) in [5, 5.41) is 1.09. The molecular weight excluding hydrogens is 628 g/mol. The summed E-state index contributed by atoms with van der Waals surface area (Å²) < 4.78 is 21.2. The molecule has 0 aliphatic carbocycles. The smallest absolute Gasteiger partial charge is 1.00 e. The quantitative estimate of drug-likeness (QED) is 0.310. The predicted octanol–water partition coefficient (Wildman–Crippen LogP) is 2.76. The Morgan fingerprint density at radius 2 is 1.74 bits per heavy atom. The van der Waals surface area contributed by atoms with E-state index >= 15 is 0 Å². The van der Waals surface area contributed by atoms with Gasteiger partial charge in [-0.25, -0.2) is 4.79 Å². The number of hydrogen-bond donors (Lipinski definition) is 1. The van der Waals surface area contributed by atoms with Gasteiger partial charge in [0.15, 0.2) is 12.4 Å². The Morgan fingerprint density at radius 1 is 1.12 bits per heavy atom. The van der Waals surface area contributed by atoms with Gasteiger partial charge in [0.2, 0.25) is 0 Å². The number of ketones is 1. The molecule has 1 saturated heterocycles. The Labute approximate surface area is 248 Å². The molecule has 0 bridgehead atoms. The third-order valence-electron chi connectivity index (χ3n) is 4.33. The molecule has 0 saturated carbocycles. The van der Waals surface area contributed by atoms with Crippen LogP contribution in [0.5, 0.6) is 11.5 Å². The number of rotatable bonds is 3. The minimum atomic E-state index is -0.472. The molecule has 0 amide bonds. The first-order valence-corrected chi connectivity index (χ1v) is 12.2. The molecule has 4 rings (SSSR count). The Balaban J connectivity index is 0.000000528. The van der Waals surface area contributed by atoms with Crippen molar-refractivity contribution in [2.24, 2.45) is 0 Å². The first-order chi connectivity index (χ1) is 15.7. The molecule has 2 aromatic rings. The summed E-state index contributed by atoms with van der Waals surface area (Å²) in [5.74, 6) is 0.749. The molecular formula is C22H24Br2Cl2NNaO6. The molecule has 0 atom stereocenters. The summed E-state index contributed by atoms with van der Waals surface area (Å²) >= 11 is 18.2. The number of hydrogen-bond acceptors (Lipinski definition) is 7. The van der Waals surface area contributed by atoms with E-state index in [0.29, 0.717) is 32.4 Å². The van der Waals surface area contributed by atoms with Crippen molar-refractivity contribution in [3.05, 3.63) is 48.8 Å². The zero-order chi connectivity index (χ0) is 24.4. The van der Waals surface area contributed by atoms with E-state index in [9.17, 15) is 9.59 Å². The molecule has 0 unspecified atom stereocenters. The van der Waals surface area contributed by atoms with E-state index in [1.54, 1.807) is 18.2 Å². The second-order valence-corrected chi connectivity index (χ2v) is 9.39. The normalized spacial score (nSPS) is 13.6. The Bertz CT molecular complexity index is 991. The van der Waals surface area contributed by atoms with Crippen LogP contribution in [0.4, 0.5) is 5.69 Å². The van der Waals surface area contributed by atoms with Crippen LogP contribution < -0.4 is 44.8 Å². The number of carbonyl (C=O) groups excluding carboxylic acids is 2. The molecule has 12 heteroatoms. The summed E-state index contributed by atoms with van der Waals surface area (Å²) in [7, 11) is 1.28. The Kier molecular flexibility index (Phi) is 15.1. The van der Waals surface area contributed by atoms with Crippen LogP contribution in [0.1, 0.15) is 19.8 Å². The third kappa shape index (κ3) is 10.6. The molecule has 182 valence electrons. The van der Waals surface area contributed by atoms with Crippen molar-refractivity contribution >= 4 is 72.5 Å². The number of nitrogen functional groups attached to an aromatic ring is 1. The molecule has 34 heavy (non-hydrogen) atoms. The number of carbonyl (C=O) groups is 2. The van der Waals surface area contributed by atoms with Crippen molar-refractivity contribution in [2.45, 2.75) is 19.3 Å².